The molecule has 238 valence electrons. The van der Waals surface area contributed by atoms with E-state index in [2.05, 4.69) is 15.0 Å². The van der Waals surface area contributed by atoms with Crippen LogP contribution in [0.5, 0.6) is 5.88 Å². The Morgan fingerprint density at radius 2 is 1.95 bits per heavy atom. The molecule has 4 heterocycles. The van der Waals surface area contributed by atoms with E-state index in [-0.39, 0.29) is 55.3 Å². The van der Waals surface area contributed by atoms with Gasteiger partial charge in [0.05, 0.1) is 38.7 Å². The number of carbonyl (C=O) groups is 2. The van der Waals surface area contributed by atoms with Crippen molar-refractivity contribution in [3.8, 4) is 5.88 Å². The van der Waals surface area contributed by atoms with Gasteiger partial charge in [-0.2, -0.15) is 9.97 Å². The predicted octanol–water partition coefficient (Wildman–Crippen LogP) is 3.55. The summed E-state index contributed by atoms with van der Waals surface area (Å²) in [5, 5.41) is 0. The van der Waals surface area contributed by atoms with E-state index in [0.717, 1.165) is 5.56 Å². The number of aromatic nitrogens is 4. The van der Waals surface area contributed by atoms with E-state index in [1.165, 1.54) is 18.0 Å². The van der Waals surface area contributed by atoms with Crippen molar-refractivity contribution >= 4 is 37.1 Å². The van der Waals surface area contributed by atoms with Gasteiger partial charge in [0, 0.05) is 0 Å². The van der Waals surface area contributed by atoms with Crippen LogP contribution in [0.25, 0.3) is 11.2 Å². The van der Waals surface area contributed by atoms with E-state index >= 15 is 0 Å². The van der Waals surface area contributed by atoms with Gasteiger partial charge in [0.15, 0.2) is 23.5 Å². The number of imidazole rings is 1. The van der Waals surface area contributed by atoms with Crippen LogP contribution in [0.3, 0.4) is 0 Å². The largest absolute Gasteiger partial charge is 0.509 e. The van der Waals surface area contributed by atoms with E-state index in [4.69, 9.17) is 43.0 Å². The molecule has 0 bridgehead atoms. The number of phosphoric acid groups is 1. The van der Waals surface area contributed by atoms with Crippen LogP contribution in [-0.4, -0.2) is 76.4 Å². The second kappa shape index (κ2) is 13.4. The standard InChI is InChI=1S/C27H34N5O11P/c1-15(2)40-25(33)16(3)10-11-38-44(35)39-13-18-20(43-44)21(42-27(34)37-12-17-8-6-5-7-9-17)24(41-18)32-14-29-19-22(32)30-26(28)31-23(19)36-4/h5-9,14-16,18,20-21,24H,10-13H2,1-4H3,(H2,28,30,31)/t16-,18-,20-,21+,24-,44?/m1/s1. The summed E-state index contributed by atoms with van der Waals surface area (Å²) in [6.07, 6.45) is -3.94. The van der Waals surface area contributed by atoms with E-state index in [0.29, 0.717) is 0 Å². The van der Waals surface area contributed by atoms with Crippen molar-refractivity contribution in [1.29, 1.82) is 0 Å². The summed E-state index contributed by atoms with van der Waals surface area (Å²) in [5.41, 5.74) is 7.13. The highest BCUT2D eigenvalue weighted by atomic mass is 31.2. The van der Waals surface area contributed by atoms with Gasteiger partial charge in [-0.1, -0.05) is 37.3 Å². The molecule has 3 aromatic rings. The quantitative estimate of drug-likeness (QED) is 0.237. The number of fused-ring (bicyclic) bond motifs is 2. The highest BCUT2D eigenvalue weighted by Crippen LogP contribution is 2.57. The molecule has 6 atom stereocenters. The number of rotatable bonds is 11. The number of anilines is 1. The Labute approximate surface area is 252 Å². The Morgan fingerprint density at radius 3 is 2.68 bits per heavy atom. The number of nitrogens with two attached hydrogens (primary N) is 1. The number of methoxy groups -OCH3 is 1. The number of benzene rings is 1. The van der Waals surface area contributed by atoms with Crippen LogP contribution in [0.2, 0.25) is 0 Å². The van der Waals surface area contributed by atoms with Crippen LogP contribution < -0.4 is 10.5 Å². The average Bonchev–Trinajstić information content (AvgIpc) is 3.56. The number of nitrogen functional groups attached to an aromatic ring is 1. The van der Waals surface area contributed by atoms with Crippen molar-refractivity contribution in [2.45, 2.75) is 64.4 Å². The molecule has 0 amide bonds. The molecule has 0 spiro atoms. The van der Waals surface area contributed by atoms with Gasteiger partial charge in [-0.15, -0.1) is 0 Å². The Morgan fingerprint density at radius 1 is 1.18 bits per heavy atom. The van der Waals surface area contributed by atoms with Gasteiger partial charge in [-0.05, 0) is 25.8 Å². The summed E-state index contributed by atoms with van der Waals surface area (Å²) in [6, 6.07) is 9.03. The van der Waals surface area contributed by atoms with E-state index in [9.17, 15) is 14.2 Å². The third-order valence-corrected chi connectivity index (χ3v) is 8.26. The minimum absolute atomic E-state index is 0.0516. The van der Waals surface area contributed by atoms with Crippen molar-refractivity contribution in [2.24, 2.45) is 5.92 Å². The first kappa shape index (κ1) is 31.6. The Bertz CT molecular complexity index is 1520. The lowest BCUT2D eigenvalue weighted by molar-refractivity contribution is -0.152. The highest BCUT2D eigenvalue weighted by Gasteiger charge is 2.56. The molecule has 2 aromatic heterocycles. The van der Waals surface area contributed by atoms with Gasteiger partial charge >= 0.3 is 19.9 Å². The van der Waals surface area contributed by atoms with Gasteiger partial charge in [-0.25, -0.2) is 14.3 Å². The SMILES string of the molecule is COc1nc(N)nc2c1ncn2[C@@H]1O[C@@H]2COP(=O)(OCC[C@@H](C)C(=O)OC(C)C)O[C@H]2[C@@H]1OC(=O)OCc1ccccc1. The van der Waals surface area contributed by atoms with Crippen molar-refractivity contribution in [1.82, 2.24) is 19.5 Å². The maximum Gasteiger partial charge on any atom is 0.509 e. The first-order valence-corrected chi connectivity index (χ1v) is 15.4. The first-order valence-electron chi connectivity index (χ1n) is 13.9. The smallest absolute Gasteiger partial charge is 0.479 e. The van der Waals surface area contributed by atoms with Crippen molar-refractivity contribution < 1.29 is 51.4 Å². The molecule has 44 heavy (non-hydrogen) atoms. The summed E-state index contributed by atoms with van der Waals surface area (Å²) in [4.78, 5) is 37.7. The molecular weight excluding hydrogens is 601 g/mol. The lowest BCUT2D eigenvalue weighted by atomic mass is 10.1. The van der Waals surface area contributed by atoms with Gasteiger partial charge < -0.3 is 29.4 Å². The first-order chi connectivity index (χ1) is 21.1. The van der Waals surface area contributed by atoms with Crippen LogP contribution in [0.1, 0.15) is 39.0 Å². The Balaban J connectivity index is 1.35. The second-order valence-electron chi connectivity index (χ2n) is 10.4. The van der Waals surface area contributed by atoms with Gasteiger partial charge in [0.2, 0.25) is 11.8 Å². The minimum atomic E-state index is -4.17. The molecule has 2 fully saturated rings. The summed E-state index contributed by atoms with van der Waals surface area (Å²) in [6.45, 7) is 4.78. The van der Waals surface area contributed by atoms with E-state index in [1.54, 1.807) is 32.9 Å². The van der Waals surface area contributed by atoms with Crippen LogP contribution in [0.4, 0.5) is 10.7 Å². The Kier molecular flexibility index (Phi) is 9.65. The highest BCUT2D eigenvalue weighted by molar-refractivity contribution is 7.48. The topological polar surface area (TPSA) is 195 Å². The van der Waals surface area contributed by atoms with E-state index in [1.807, 2.05) is 18.2 Å². The second-order valence-corrected chi connectivity index (χ2v) is 12.0. The number of carbonyl (C=O) groups excluding carboxylic acids is 2. The molecule has 0 saturated carbocycles. The summed E-state index contributed by atoms with van der Waals surface area (Å²) >= 11 is 0. The molecular formula is C27H34N5O11P. The molecule has 2 saturated heterocycles. The fourth-order valence-corrected chi connectivity index (χ4v) is 6.04. The third kappa shape index (κ3) is 7.11. The monoisotopic (exact) mass is 635 g/mol. The van der Waals surface area contributed by atoms with Crippen LogP contribution in [0.15, 0.2) is 36.7 Å². The number of esters is 1. The Hall–Kier alpha value is -3.82. The normalized spacial score (nSPS) is 25.4. The minimum Gasteiger partial charge on any atom is -0.479 e. The summed E-state index contributed by atoms with van der Waals surface area (Å²) in [5.74, 6) is -0.881. The molecule has 17 heteroatoms. The molecule has 1 unspecified atom stereocenters. The van der Waals surface area contributed by atoms with Gasteiger partial charge in [0.25, 0.3) is 0 Å². The summed E-state index contributed by atoms with van der Waals surface area (Å²) in [7, 11) is -2.76. The van der Waals surface area contributed by atoms with Crippen LogP contribution in [-0.2, 0) is 48.5 Å². The summed E-state index contributed by atoms with van der Waals surface area (Å²) < 4.78 is 59.5. The number of nitrogens with zero attached hydrogens (tertiary/aromatic N) is 4. The zero-order valence-corrected chi connectivity index (χ0v) is 25.5. The van der Waals surface area contributed by atoms with Gasteiger partial charge in [0.1, 0.15) is 18.8 Å². The number of hydrogen-bond donors (Lipinski definition) is 1. The molecule has 2 aliphatic rings. The molecule has 2 aliphatic heterocycles. The third-order valence-electron chi connectivity index (χ3n) is 6.79. The fourth-order valence-electron chi connectivity index (χ4n) is 4.64. The number of hydrogen-bond acceptors (Lipinski definition) is 15. The lowest BCUT2D eigenvalue weighted by Crippen LogP contribution is -2.42. The van der Waals surface area contributed by atoms with Gasteiger partial charge in [-0.3, -0.25) is 22.9 Å². The van der Waals surface area contributed by atoms with Crippen molar-refractivity contribution in [3.63, 3.8) is 0 Å². The maximum absolute atomic E-state index is 13.5. The van der Waals surface area contributed by atoms with Crippen LogP contribution >= 0.6 is 7.82 Å². The lowest BCUT2D eigenvalue weighted by Gasteiger charge is -2.31. The molecule has 0 radical (unpaired) electrons. The zero-order chi connectivity index (χ0) is 31.4. The van der Waals surface area contributed by atoms with Crippen molar-refractivity contribution in [3.05, 3.63) is 42.2 Å². The molecule has 16 nitrogen and oxygen atoms in total. The molecule has 2 N–H and O–H groups in total. The molecule has 0 aliphatic carbocycles. The number of ether oxygens (including phenoxy) is 5. The van der Waals surface area contributed by atoms with Crippen molar-refractivity contribution in [2.75, 3.05) is 26.1 Å². The molecule has 5 rings (SSSR count). The van der Waals surface area contributed by atoms with Crippen LogP contribution in [0, 0.1) is 5.92 Å². The average molecular weight is 636 g/mol. The fraction of sp³-hybridized carbons (Fsp3) is 0.519. The number of phosphoric ester groups is 1. The zero-order valence-electron chi connectivity index (χ0n) is 24.6. The molecule has 1 aromatic carbocycles. The predicted molar refractivity (Wildman–Crippen MR) is 151 cm³/mol. The van der Waals surface area contributed by atoms with E-state index < -0.39 is 50.4 Å². The maximum atomic E-state index is 13.5.